The molecule has 4 aliphatic rings. The molecule has 4 amide bonds. The summed E-state index contributed by atoms with van der Waals surface area (Å²) in [6.07, 6.45) is 5.39. The first-order chi connectivity index (χ1) is 31.0. The molecule has 15 nitrogen and oxygen atoms in total. The fourth-order valence-electron chi connectivity index (χ4n) is 8.99. The molecule has 2 aliphatic carbocycles. The monoisotopic (exact) mass is 933 g/mol. The van der Waals surface area contributed by atoms with Gasteiger partial charge < -0.3 is 34.5 Å². The maximum absolute atomic E-state index is 15.4. The van der Waals surface area contributed by atoms with E-state index in [0.717, 1.165) is 6.42 Å². The third-order valence-electron chi connectivity index (χ3n) is 13.1. The van der Waals surface area contributed by atoms with E-state index in [4.69, 9.17) is 23.9 Å². The largest absolute Gasteiger partial charge is 0.497 e. The predicted octanol–water partition coefficient (Wildman–Crippen LogP) is 7.35. The molecular formula is C49H64FN5O10S. The lowest BCUT2D eigenvalue weighted by Crippen LogP contribution is -2.59. The van der Waals surface area contributed by atoms with Gasteiger partial charge in [-0.15, -0.1) is 0 Å². The first-order valence-corrected chi connectivity index (χ1v) is 24.5. The van der Waals surface area contributed by atoms with E-state index in [0.29, 0.717) is 65.8 Å². The summed E-state index contributed by atoms with van der Waals surface area (Å²) < 4.78 is 66.9. The van der Waals surface area contributed by atoms with Crippen LogP contribution in [0.1, 0.15) is 107 Å². The van der Waals surface area contributed by atoms with Gasteiger partial charge in [0.15, 0.2) is 11.6 Å². The Balaban J connectivity index is 1.28. The van der Waals surface area contributed by atoms with E-state index in [9.17, 15) is 22.8 Å². The Labute approximate surface area is 387 Å². The number of nitrogens with one attached hydrogen (secondary N) is 3. The molecular weight excluding hydrogens is 870 g/mol. The molecule has 0 radical (unpaired) electrons. The summed E-state index contributed by atoms with van der Waals surface area (Å²) in [7, 11) is -2.53. The topological polar surface area (TPSA) is 192 Å². The highest BCUT2D eigenvalue weighted by molar-refractivity contribution is 7.91. The number of methoxy groups -OCH3 is 1. The van der Waals surface area contributed by atoms with E-state index in [1.54, 1.807) is 71.9 Å². The molecule has 66 heavy (non-hydrogen) atoms. The van der Waals surface area contributed by atoms with Gasteiger partial charge in [-0.25, -0.2) is 22.6 Å². The first kappa shape index (κ1) is 48.5. The molecule has 358 valence electrons. The number of hydrogen-bond donors (Lipinski definition) is 3. The molecule has 1 saturated heterocycles. The van der Waals surface area contributed by atoms with Crippen molar-refractivity contribution < 1.29 is 50.9 Å². The van der Waals surface area contributed by atoms with E-state index < -0.39 is 79.6 Å². The van der Waals surface area contributed by atoms with Crippen molar-refractivity contribution in [2.24, 2.45) is 17.8 Å². The van der Waals surface area contributed by atoms with Crippen LogP contribution in [0.25, 0.3) is 22.2 Å². The smallest absolute Gasteiger partial charge is 0.408 e. The molecule has 1 unspecified atom stereocenters. The summed E-state index contributed by atoms with van der Waals surface area (Å²) in [5.41, 5.74) is -1.17. The number of carbonyl (C=O) groups excluding carboxylic acids is 4. The maximum Gasteiger partial charge on any atom is 0.408 e. The molecule has 0 bridgehead atoms. The molecule has 7 rings (SSSR count). The molecule has 3 fully saturated rings. The zero-order valence-corrected chi connectivity index (χ0v) is 40.2. The van der Waals surface area contributed by atoms with Gasteiger partial charge in [0.05, 0.1) is 35.7 Å². The summed E-state index contributed by atoms with van der Waals surface area (Å²) in [6.45, 7) is 14.3. The number of fused-ring (bicyclic) bond motifs is 3. The second-order valence-corrected chi connectivity index (χ2v) is 22.2. The van der Waals surface area contributed by atoms with Gasteiger partial charge in [-0.2, -0.15) is 0 Å². The molecule has 17 heteroatoms. The summed E-state index contributed by atoms with van der Waals surface area (Å²) in [5.74, 6) is -2.39. The first-order valence-electron chi connectivity index (χ1n) is 23.0. The molecule has 2 aromatic carbocycles. The lowest BCUT2D eigenvalue weighted by Gasteiger charge is -2.34. The highest BCUT2D eigenvalue weighted by Crippen LogP contribution is 2.48. The van der Waals surface area contributed by atoms with Crippen LogP contribution in [0.3, 0.4) is 0 Å². The van der Waals surface area contributed by atoms with E-state index in [1.807, 2.05) is 19.1 Å². The van der Waals surface area contributed by atoms with Gasteiger partial charge in [-0.05, 0) is 122 Å². The fourth-order valence-corrected chi connectivity index (χ4v) is 10.3. The molecule has 3 aromatic rings. The standard InChI is InChI=1S/C49H64FN5O10S/c1-10-30-21-29(4)13-11-12-14-32-26-49(32,45(58)54-66(60,61)48(8)19-20-48)53-43(56)39-24-34(27-55(39)44(57)42(30)52-46(59)65-47(5,6)7)64-41-25-37(51-38-23-33(62-9)16-17-35(38)41)31-15-18-40(36(50)22-31)63-28(2)3/h12,14-18,22-23,25,28-30,32,34,39,42H,10-11,13,19-21,24,26-27H2,1-9H3,(H,52,59)(H,53,56)(H,54,58)/b14-12-/t29-,30-,32-,34-,39?,42+,49-/m1/s1. The molecule has 3 N–H and O–H groups in total. The average Bonchev–Trinajstić information content (AvgIpc) is 4.13. The van der Waals surface area contributed by atoms with Crippen LogP contribution in [0, 0.1) is 23.6 Å². The van der Waals surface area contributed by atoms with Crippen LogP contribution < -0.4 is 29.6 Å². The Morgan fingerprint density at radius 1 is 1.06 bits per heavy atom. The van der Waals surface area contributed by atoms with Crippen molar-refractivity contribution >= 4 is 44.7 Å². The number of amides is 4. The number of allylic oxidation sites excluding steroid dienone is 1. The van der Waals surface area contributed by atoms with Crippen molar-refractivity contribution in [3.8, 4) is 28.5 Å². The van der Waals surface area contributed by atoms with Crippen LogP contribution in [0.5, 0.6) is 17.2 Å². The second kappa shape index (κ2) is 18.7. The highest BCUT2D eigenvalue weighted by Gasteiger charge is 2.63. The molecule has 3 heterocycles. The number of ether oxygens (including phenoxy) is 4. The highest BCUT2D eigenvalue weighted by atomic mass is 32.2. The van der Waals surface area contributed by atoms with E-state index in [-0.39, 0.29) is 43.1 Å². The van der Waals surface area contributed by atoms with E-state index in [2.05, 4.69) is 22.3 Å². The van der Waals surface area contributed by atoms with Crippen LogP contribution in [-0.4, -0.2) is 95.9 Å². The number of rotatable bonds is 11. The minimum Gasteiger partial charge on any atom is -0.497 e. The van der Waals surface area contributed by atoms with Crippen LogP contribution >= 0.6 is 0 Å². The normalized spacial score (nSPS) is 27.0. The molecule has 1 aromatic heterocycles. The van der Waals surface area contributed by atoms with E-state index in [1.165, 1.54) is 24.1 Å². The number of hydrogen-bond acceptors (Lipinski definition) is 11. The summed E-state index contributed by atoms with van der Waals surface area (Å²) in [6, 6.07) is 9.17. The SMILES string of the molecule is CC[C@@H]1C[C@H](C)CC/C=C\[C@@H]2C[C@@]2(C(=O)NS(=O)(=O)C2(C)CC2)NC(=O)C2C[C@@H](Oc3cc(-c4ccc(OC(C)C)c(F)c4)nc4cc(OC)ccc34)CN2C(=O)[C@H]1NC(=O)OC(C)(C)C. The lowest BCUT2D eigenvalue weighted by atomic mass is 9.85. The Kier molecular flexibility index (Phi) is 13.7. The lowest BCUT2D eigenvalue weighted by molar-refractivity contribution is -0.142. The Morgan fingerprint density at radius 2 is 1.80 bits per heavy atom. The van der Waals surface area contributed by atoms with Gasteiger partial charge in [-0.3, -0.25) is 19.1 Å². The predicted molar refractivity (Wildman–Crippen MR) is 247 cm³/mol. The van der Waals surface area contributed by atoms with Gasteiger partial charge in [0, 0.05) is 35.4 Å². The minimum atomic E-state index is -4.06. The molecule has 7 atom stereocenters. The Morgan fingerprint density at radius 3 is 2.45 bits per heavy atom. The van der Waals surface area contributed by atoms with Crippen molar-refractivity contribution in [2.45, 2.75) is 147 Å². The van der Waals surface area contributed by atoms with Gasteiger partial charge in [0.25, 0.3) is 5.91 Å². The number of nitrogens with zero attached hydrogens (tertiary/aromatic N) is 2. The van der Waals surface area contributed by atoms with Gasteiger partial charge in [-0.1, -0.05) is 32.4 Å². The number of halogens is 1. The Hall–Kier alpha value is -5.45. The third-order valence-corrected chi connectivity index (χ3v) is 15.3. The fraction of sp³-hybridized carbons (Fsp3) is 0.571. The van der Waals surface area contributed by atoms with Crippen LogP contribution in [0.2, 0.25) is 0 Å². The van der Waals surface area contributed by atoms with Crippen molar-refractivity contribution in [1.29, 1.82) is 0 Å². The second-order valence-electron chi connectivity index (χ2n) is 20.0. The average molecular weight is 934 g/mol. The van der Waals surface area contributed by atoms with E-state index >= 15 is 9.18 Å². The quantitative estimate of drug-likeness (QED) is 0.163. The van der Waals surface area contributed by atoms with Crippen molar-refractivity contribution in [3.63, 3.8) is 0 Å². The third kappa shape index (κ3) is 10.6. The summed E-state index contributed by atoms with van der Waals surface area (Å²) >= 11 is 0. The van der Waals surface area contributed by atoms with Crippen LogP contribution in [0.15, 0.2) is 54.6 Å². The van der Waals surface area contributed by atoms with Crippen molar-refractivity contribution in [1.82, 2.24) is 25.2 Å². The number of sulfonamides is 1. The Bertz CT molecular complexity index is 2500. The van der Waals surface area contributed by atoms with Crippen LogP contribution in [-0.2, 0) is 29.1 Å². The number of pyridine rings is 1. The number of alkyl carbamates (subject to hydrolysis) is 1. The molecule has 0 spiro atoms. The zero-order valence-electron chi connectivity index (χ0n) is 39.4. The molecule has 2 aliphatic heterocycles. The zero-order chi connectivity index (χ0) is 47.9. The van der Waals surface area contributed by atoms with Crippen molar-refractivity contribution in [2.75, 3.05) is 13.7 Å². The summed E-state index contributed by atoms with van der Waals surface area (Å²) in [4.78, 5) is 64.0. The van der Waals surface area contributed by atoms with Crippen LogP contribution in [0.4, 0.5) is 9.18 Å². The van der Waals surface area contributed by atoms with Gasteiger partial charge in [0.1, 0.15) is 40.8 Å². The van der Waals surface area contributed by atoms with Gasteiger partial charge >= 0.3 is 6.09 Å². The number of aromatic nitrogens is 1. The van der Waals surface area contributed by atoms with Crippen molar-refractivity contribution in [3.05, 3.63) is 60.4 Å². The molecule has 2 saturated carbocycles. The summed E-state index contributed by atoms with van der Waals surface area (Å²) in [5, 5.41) is 6.38. The maximum atomic E-state index is 15.4. The number of benzene rings is 2. The minimum absolute atomic E-state index is 0.0380. The number of carbonyl (C=O) groups is 4. The van der Waals surface area contributed by atoms with Gasteiger partial charge in [0.2, 0.25) is 21.8 Å².